The topological polar surface area (TPSA) is 38.9 Å². The lowest BCUT2D eigenvalue weighted by atomic mass is 10.1. The Bertz CT molecular complexity index is 474. The fraction of sp³-hybridized carbons (Fsp3) is 0.308. The lowest BCUT2D eigenvalue weighted by Gasteiger charge is -2.00. The van der Waals surface area contributed by atoms with Crippen LogP contribution in [0.15, 0.2) is 30.5 Å². The molecule has 2 heterocycles. The molecule has 0 unspecified atom stereocenters. The highest BCUT2D eigenvalue weighted by Crippen LogP contribution is 2.26. The van der Waals surface area contributed by atoms with Crippen LogP contribution in [0.2, 0.25) is 0 Å². The van der Waals surface area contributed by atoms with Crippen molar-refractivity contribution in [3.63, 3.8) is 0 Å². The zero-order valence-corrected chi connectivity index (χ0v) is 10.4. The van der Waals surface area contributed by atoms with Crippen LogP contribution in [0.5, 0.6) is 0 Å². The summed E-state index contributed by atoms with van der Waals surface area (Å²) in [7, 11) is 0. The molecule has 0 fully saturated rings. The van der Waals surface area contributed by atoms with Gasteiger partial charge in [-0.15, -0.1) is 11.3 Å². The highest BCUT2D eigenvalue weighted by atomic mass is 32.1. The van der Waals surface area contributed by atoms with Crippen LogP contribution < -0.4 is 5.73 Å². The van der Waals surface area contributed by atoms with Crippen molar-refractivity contribution in [2.75, 3.05) is 5.73 Å². The second-order valence-electron chi connectivity index (χ2n) is 4.22. The van der Waals surface area contributed by atoms with Gasteiger partial charge in [-0.3, -0.25) is 0 Å². The van der Waals surface area contributed by atoms with E-state index in [1.165, 1.54) is 15.3 Å². The van der Waals surface area contributed by atoms with E-state index in [-0.39, 0.29) is 0 Å². The average Bonchev–Trinajstić information content (AvgIpc) is 2.66. The predicted octanol–water partition coefficient (Wildman–Crippen LogP) is 3.44. The molecule has 0 saturated carbocycles. The molecule has 0 radical (unpaired) electrons. The van der Waals surface area contributed by atoms with Gasteiger partial charge in [0.25, 0.3) is 0 Å². The first-order valence-corrected chi connectivity index (χ1v) is 6.26. The molecule has 0 spiro atoms. The van der Waals surface area contributed by atoms with Gasteiger partial charge in [0.05, 0.1) is 0 Å². The van der Waals surface area contributed by atoms with Crippen LogP contribution in [0.4, 0.5) is 5.82 Å². The zero-order valence-electron chi connectivity index (χ0n) is 9.60. The highest BCUT2D eigenvalue weighted by molar-refractivity contribution is 7.12. The molecule has 3 heteroatoms. The Morgan fingerprint density at radius 3 is 2.75 bits per heavy atom. The summed E-state index contributed by atoms with van der Waals surface area (Å²) in [6.45, 7) is 4.44. The zero-order chi connectivity index (χ0) is 11.5. The molecule has 2 aromatic heterocycles. The van der Waals surface area contributed by atoms with Gasteiger partial charge in [0.2, 0.25) is 0 Å². The fourth-order valence-corrected chi connectivity index (χ4v) is 2.65. The maximum atomic E-state index is 5.66. The summed E-state index contributed by atoms with van der Waals surface area (Å²) in [5.74, 6) is 1.21. The quantitative estimate of drug-likeness (QED) is 0.880. The van der Waals surface area contributed by atoms with Gasteiger partial charge in [0, 0.05) is 22.4 Å². The van der Waals surface area contributed by atoms with Crippen molar-refractivity contribution >= 4 is 17.2 Å². The molecule has 0 saturated heterocycles. The Balaban J connectivity index is 2.14. The van der Waals surface area contributed by atoms with E-state index in [9.17, 15) is 0 Å². The molecule has 2 N–H and O–H groups in total. The Kier molecular flexibility index (Phi) is 3.25. The molecular weight excluding hydrogens is 216 g/mol. The number of rotatable bonds is 3. The summed E-state index contributed by atoms with van der Waals surface area (Å²) >= 11 is 1.88. The van der Waals surface area contributed by atoms with E-state index in [4.69, 9.17) is 5.73 Å². The highest BCUT2D eigenvalue weighted by Gasteiger charge is 2.04. The minimum Gasteiger partial charge on any atom is -0.384 e. The van der Waals surface area contributed by atoms with Gasteiger partial charge in [-0.05, 0) is 35.7 Å². The SMILES string of the molecule is CC(C)c1ccc(Cc2ccnc(N)c2)s1. The van der Waals surface area contributed by atoms with Crippen molar-refractivity contribution in [1.29, 1.82) is 0 Å². The second kappa shape index (κ2) is 4.66. The van der Waals surface area contributed by atoms with Crippen LogP contribution in [-0.2, 0) is 6.42 Å². The molecule has 0 atom stereocenters. The largest absolute Gasteiger partial charge is 0.384 e. The normalized spacial score (nSPS) is 10.9. The number of aromatic nitrogens is 1. The molecular formula is C13H16N2S. The lowest BCUT2D eigenvalue weighted by molar-refractivity contribution is 0.890. The van der Waals surface area contributed by atoms with E-state index in [0.717, 1.165) is 6.42 Å². The fourth-order valence-electron chi connectivity index (χ4n) is 1.61. The minimum absolute atomic E-state index is 0.595. The van der Waals surface area contributed by atoms with Crippen LogP contribution in [0.3, 0.4) is 0 Å². The number of hydrogen-bond acceptors (Lipinski definition) is 3. The predicted molar refractivity (Wildman–Crippen MR) is 69.9 cm³/mol. The Hall–Kier alpha value is -1.35. The van der Waals surface area contributed by atoms with Gasteiger partial charge in [0.15, 0.2) is 0 Å². The Morgan fingerprint density at radius 2 is 2.12 bits per heavy atom. The number of nitrogen functional groups attached to an aromatic ring is 1. The first-order valence-electron chi connectivity index (χ1n) is 5.44. The van der Waals surface area contributed by atoms with Gasteiger partial charge in [0.1, 0.15) is 5.82 Å². The van der Waals surface area contributed by atoms with E-state index in [1.54, 1.807) is 6.20 Å². The van der Waals surface area contributed by atoms with E-state index in [1.807, 2.05) is 23.5 Å². The van der Waals surface area contributed by atoms with Crippen molar-refractivity contribution in [3.8, 4) is 0 Å². The summed E-state index contributed by atoms with van der Waals surface area (Å²) in [5.41, 5.74) is 6.88. The monoisotopic (exact) mass is 232 g/mol. The van der Waals surface area contributed by atoms with Crippen molar-refractivity contribution in [2.24, 2.45) is 0 Å². The van der Waals surface area contributed by atoms with Crippen molar-refractivity contribution in [3.05, 3.63) is 45.8 Å². The summed E-state index contributed by atoms with van der Waals surface area (Å²) in [6.07, 6.45) is 2.71. The molecule has 0 aromatic carbocycles. The first-order chi connectivity index (χ1) is 7.65. The van der Waals surface area contributed by atoms with Gasteiger partial charge in [-0.2, -0.15) is 0 Å². The molecule has 0 aliphatic carbocycles. The first kappa shape index (κ1) is 11.1. The van der Waals surface area contributed by atoms with E-state index in [0.29, 0.717) is 11.7 Å². The van der Waals surface area contributed by atoms with E-state index >= 15 is 0 Å². The smallest absolute Gasteiger partial charge is 0.123 e. The summed E-state index contributed by atoms with van der Waals surface area (Å²) in [5, 5.41) is 0. The third-order valence-electron chi connectivity index (χ3n) is 2.48. The number of pyridine rings is 1. The van der Waals surface area contributed by atoms with Crippen molar-refractivity contribution in [1.82, 2.24) is 4.98 Å². The average molecular weight is 232 g/mol. The van der Waals surface area contributed by atoms with E-state index in [2.05, 4.69) is 31.0 Å². The number of anilines is 1. The lowest BCUT2D eigenvalue weighted by Crippen LogP contribution is -1.92. The van der Waals surface area contributed by atoms with Crippen LogP contribution in [0, 0.1) is 0 Å². The number of hydrogen-bond donors (Lipinski definition) is 1. The molecule has 2 rings (SSSR count). The van der Waals surface area contributed by atoms with Crippen LogP contribution in [-0.4, -0.2) is 4.98 Å². The number of nitrogens with zero attached hydrogens (tertiary/aromatic N) is 1. The molecule has 2 nitrogen and oxygen atoms in total. The maximum Gasteiger partial charge on any atom is 0.123 e. The molecule has 84 valence electrons. The van der Waals surface area contributed by atoms with Gasteiger partial charge in [-0.1, -0.05) is 13.8 Å². The van der Waals surface area contributed by atoms with Crippen molar-refractivity contribution in [2.45, 2.75) is 26.2 Å². The molecule has 0 amide bonds. The van der Waals surface area contributed by atoms with Crippen LogP contribution >= 0.6 is 11.3 Å². The Labute approximate surface area is 100 Å². The van der Waals surface area contributed by atoms with Crippen LogP contribution in [0.25, 0.3) is 0 Å². The number of nitrogens with two attached hydrogens (primary N) is 1. The van der Waals surface area contributed by atoms with Gasteiger partial charge >= 0.3 is 0 Å². The molecule has 0 aliphatic heterocycles. The van der Waals surface area contributed by atoms with Crippen LogP contribution in [0.1, 0.15) is 35.1 Å². The minimum atomic E-state index is 0.595. The number of thiophene rings is 1. The molecule has 16 heavy (non-hydrogen) atoms. The Morgan fingerprint density at radius 1 is 1.31 bits per heavy atom. The molecule has 2 aromatic rings. The van der Waals surface area contributed by atoms with E-state index < -0.39 is 0 Å². The third kappa shape index (κ3) is 2.61. The standard InChI is InChI=1S/C13H16N2S/c1-9(2)12-4-3-11(16-12)7-10-5-6-15-13(14)8-10/h3-6,8-9H,7H2,1-2H3,(H2,14,15). The maximum absolute atomic E-state index is 5.66. The summed E-state index contributed by atoms with van der Waals surface area (Å²) < 4.78 is 0. The second-order valence-corrected chi connectivity index (χ2v) is 5.42. The third-order valence-corrected chi connectivity index (χ3v) is 3.86. The summed E-state index contributed by atoms with van der Waals surface area (Å²) in [4.78, 5) is 6.82. The van der Waals surface area contributed by atoms with Gasteiger partial charge < -0.3 is 5.73 Å². The van der Waals surface area contributed by atoms with Gasteiger partial charge in [-0.25, -0.2) is 4.98 Å². The molecule has 0 bridgehead atoms. The summed E-state index contributed by atoms with van der Waals surface area (Å²) in [6, 6.07) is 8.38. The molecule has 0 aliphatic rings. The van der Waals surface area contributed by atoms with Crippen molar-refractivity contribution < 1.29 is 0 Å².